The lowest BCUT2D eigenvalue weighted by Crippen LogP contribution is -2.50. The number of rotatable bonds is 8. The van der Waals surface area contributed by atoms with E-state index < -0.39 is 16.1 Å². The Morgan fingerprint density at radius 2 is 2.04 bits per heavy atom. The van der Waals surface area contributed by atoms with Crippen LogP contribution in [0.5, 0.6) is 0 Å². The van der Waals surface area contributed by atoms with Crippen molar-refractivity contribution in [2.24, 2.45) is 5.73 Å². The van der Waals surface area contributed by atoms with Crippen molar-refractivity contribution in [1.82, 2.24) is 9.62 Å². The SMILES string of the molecule is CCCCC(CN)NC(=O)C1CCCN1S(=O)(=O)c1ccccc1.Cl. The summed E-state index contributed by atoms with van der Waals surface area (Å²) in [5, 5.41) is 2.93. The summed E-state index contributed by atoms with van der Waals surface area (Å²) in [6.07, 6.45) is 4.06. The van der Waals surface area contributed by atoms with Crippen molar-refractivity contribution in [3.63, 3.8) is 0 Å². The van der Waals surface area contributed by atoms with E-state index in [1.807, 2.05) is 0 Å². The van der Waals surface area contributed by atoms with E-state index in [1.165, 1.54) is 4.31 Å². The van der Waals surface area contributed by atoms with Crippen LogP contribution in [0.4, 0.5) is 0 Å². The maximum atomic E-state index is 12.8. The third-order valence-corrected chi connectivity index (χ3v) is 6.32. The number of carbonyl (C=O) groups is 1. The van der Waals surface area contributed by atoms with E-state index in [0.29, 0.717) is 25.9 Å². The van der Waals surface area contributed by atoms with E-state index in [4.69, 9.17) is 5.73 Å². The van der Waals surface area contributed by atoms with Gasteiger partial charge in [0.05, 0.1) is 4.90 Å². The zero-order valence-electron chi connectivity index (χ0n) is 14.6. The van der Waals surface area contributed by atoms with E-state index in [1.54, 1.807) is 30.3 Å². The predicted octanol–water partition coefficient (Wildman–Crippen LogP) is 1.90. The minimum absolute atomic E-state index is 0. The van der Waals surface area contributed by atoms with Crippen molar-refractivity contribution in [1.29, 1.82) is 0 Å². The summed E-state index contributed by atoms with van der Waals surface area (Å²) in [7, 11) is -3.65. The third-order valence-electron chi connectivity index (χ3n) is 4.39. The molecule has 0 radical (unpaired) electrons. The molecule has 0 saturated carbocycles. The molecule has 1 fully saturated rings. The van der Waals surface area contributed by atoms with E-state index >= 15 is 0 Å². The van der Waals surface area contributed by atoms with Gasteiger partial charge in [0.25, 0.3) is 0 Å². The fourth-order valence-corrected chi connectivity index (χ4v) is 4.69. The second-order valence-electron chi connectivity index (χ2n) is 6.17. The first-order chi connectivity index (χ1) is 11.5. The zero-order chi connectivity index (χ0) is 17.6. The molecular weight excluding hydrogens is 362 g/mol. The van der Waals surface area contributed by atoms with Gasteiger partial charge in [-0.3, -0.25) is 4.79 Å². The molecule has 1 aromatic rings. The summed E-state index contributed by atoms with van der Waals surface area (Å²) in [6, 6.07) is 7.53. The molecule has 1 saturated heterocycles. The van der Waals surface area contributed by atoms with Crippen molar-refractivity contribution in [2.75, 3.05) is 13.1 Å². The van der Waals surface area contributed by atoms with Gasteiger partial charge in [0.1, 0.15) is 6.04 Å². The Balaban J connectivity index is 0.00000312. The molecule has 1 aliphatic heterocycles. The molecule has 0 aliphatic carbocycles. The topological polar surface area (TPSA) is 92.5 Å². The Kier molecular flexibility index (Phi) is 8.85. The molecule has 2 atom stereocenters. The van der Waals surface area contributed by atoms with Gasteiger partial charge in [-0.25, -0.2) is 8.42 Å². The van der Waals surface area contributed by atoms with Gasteiger partial charge in [0.15, 0.2) is 0 Å². The Hall–Kier alpha value is -1.15. The summed E-state index contributed by atoms with van der Waals surface area (Å²) in [4.78, 5) is 12.8. The number of nitrogens with two attached hydrogens (primary N) is 1. The first-order valence-corrected chi connectivity index (χ1v) is 10.0. The van der Waals surface area contributed by atoms with E-state index in [9.17, 15) is 13.2 Å². The number of amides is 1. The molecule has 1 aromatic carbocycles. The van der Waals surface area contributed by atoms with Gasteiger partial charge in [0.2, 0.25) is 15.9 Å². The van der Waals surface area contributed by atoms with Crippen molar-refractivity contribution < 1.29 is 13.2 Å². The molecule has 0 bridgehead atoms. The Morgan fingerprint density at radius 3 is 2.64 bits per heavy atom. The quantitative estimate of drug-likeness (QED) is 0.710. The number of carbonyl (C=O) groups excluding carboxylic acids is 1. The predicted molar refractivity (Wildman–Crippen MR) is 101 cm³/mol. The molecule has 8 heteroatoms. The Labute approximate surface area is 156 Å². The fraction of sp³-hybridized carbons (Fsp3) is 0.588. The fourth-order valence-electron chi connectivity index (χ4n) is 3.01. The summed E-state index contributed by atoms with van der Waals surface area (Å²) in [6.45, 7) is 2.82. The van der Waals surface area contributed by atoms with Crippen LogP contribution in [-0.4, -0.2) is 43.8 Å². The lowest BCUT2D eigenvalue weighted by molar-refractivity contribution is -0.124. The molecule has 142 valence electrons. The van der Waals surface area contributed by atoms with Crippen LogP contribution in [0.1, 0.15) is 39.0 Å². The highest BCUT2D eigenvalue weighted by atomic mass is 35.5. The highest BCUT2D eigenvalue weighted by Gasteiger charge is 2.39. The van der Waals surface area contributed by atoms with Crippen molar-refractivity contribution in [3.05, 3.63) is 30.3 Å². The van der Waals surface area contributed by atoms with Crippen LogP contribution in [0, 0.1) is 0 Å². The number of sulfonamides is 1. The second-order valence-corrected chi connectivity index (χ2v) is 8.06. The zero-order valence-corrected chi connectivity index (χ0v) is 16.2. The molecule has 6 nitrogen and oxygen atoms in total. The number of nitrogens with one attached hydrogen (secondary N) is 1. The van der Waals surface area contributed by atoms with Crippen LogP contribution >= 0.6 is 12.4 Å². The summed E-state index contributed by atoms with van der Waals surface area (Å²) < 4.78 is 26.9. The molecule has 2 unspecified atom stereocenters. The lowest BCUT2D eigenvalue weighted by atomic mass is 10.1. The highest BCUT2D eigenvalue weighted by Crippen LogP contribution is 2.26. The Bertz CT molecular complexity index is 640. The van der Waals surface area contributed by atoms with Crippen molar-refractivity contribution in [3.8, 4) is 0 Å². The van der Waals surface area contributed by atoms with E-state index in [-0.39, 0.29) is 29.3 Å². The normalized spacial score (nSPS) is 19.2. The third kappa shape index (κ3) is 5.41. The summed E-state index contributed by atoms with van der Waals surface area (Å²) in [5.41, 5.74) is 5.73. The highest BCUT2D eigenvalue weighted by molar-refractivity contribution is 7.89. The average Bonchev–Trinajstić information content (AvgIpc) is 3.10. The number of hydrogen-bond acceptors (Lipinski definition) is 4. The molecule has 1 amide bonds. The van der Waals surface area contributed by atoms with Crippen LogP contribution in [0.3, 0.4) is 0 Å². The largest absolute Gasteiger partial charge is 0.351 e. The number of benzene rings is 1. The monoisotopic (exact) mass is 389 g/mol. The number of halogens is 1. The summed E-state index contributed by atoms with van der Waals surface area (Å²) >= 11 is 0. The van der Waals surface area contributed by atoms with Gasteiger partial charge in [-0.05, 0) is 31.4 Å². The van der Waals surface area contributed by atoms with Crippen molar-refractivity contribution in [2.45, 2.75) is 56.0 Å². The smallest absolute Gasteiger partial charge is 0.243 e. The minimum Gasteiger partial charge on any atom is -0.351 e. The average molecular weight is 390 g/mol. The van der Waals surface area contributed by atoms with Crippen LogP contribution in [0.15, 0.2) is 35.2 Å². The first kappa shape index (κ1) is 21.9. The number of unbranched alkanes of at least 4 members (excludes halogenated alkanes) is 1. The summed E-state index contributed by atoms with van der Waals surface area (Å²) in [5.74, 6) is -0.237. The van der Waals surface area contributed by atoms with E-state index in [2.05, 4.69) is 12.2 Å². The van der Waals surface area contributed by atoms with E-state index in [0.717, 1.165) is 19.3 Å². The van der Waals surface area contributed by atoms with Gasteiger partial charge in [-0.15, -0.1) is 12.4 Å². The maximum Gasteiger partial charge on any atom is 0.243 e. The van der Waals surface area contributed by atoms with Crippen molar-refractivity contribution >= 4 is 28.3 Å². The second kappa shape index (κ2) is 10.1. The standard InChI is InChI=1S/C17H27N3O3S.ClH/c1-2-3-8-14(13-18)19-17(21)16-11-7-12-20(16)24(22,23)15-9-5-4-6-10-15;/h4-6,9-10,14,16H,2-3,7-8,11-13,18H2,1H3,(H,19,21);1H. The van der Waals surface area contributed by atoms with Gasteiger partial charge in [-0.1, -0.05) is 38.0 Å². The minimum atomic E-state index is -3.65. The number of nitrogens with zero attached hydrogens (tertiary/aromatic N) is 1. The first-order valence-electron chi connectivity index (χ1n) is 8.58. The maximum absolute atomic E-state index is 12.8. The van der Waals surface area contributed by atoms with Crippen LogP contribution < -0.4 is 11.1 Å². The molecule has 0 aromatic heterocycles. The molecule has 3 N–H and O–H groups in total. The molecule has 2 rings (SSSR count). The van der Waals surface area contributed by atoms with Crippen LogP contribution in [0.2, 0.25) is 0 Å². The van der Waals surface area contributed by atoms with Gasteiger partial charge >= 0.3 is 0 Å². The molecule has 25 heavy (non-hydrogen) atoms. The lowest BCUT2D eigenvalue weighted by Gasteiger charge is -2.25. The molecule has 0 spiro atoms. The Morgan fingerprint density at radius 1 is 1.36 bits per heavy atom. The molecular formula is C17H28ClN3O3S. The van der Waals surface area contributed by atoms with Gasteiger partial charge in [-0.2, -0.15) is 4.31 Å². The van der Waals surface area contributed by atoms with Gasteiger partial charge < -0.3 is 11.1 Å². The number of hydrogen-bond donors (Lipinski definition) is 2. The molecule has 1 heterocycles. The van der Waals surface area contributed by atoms with Crippen LogP contribution in [0.25, 0.3) is 0 Å². The molecule has 1 aliphatic rings. The van der Waals surface area contributed by atoms with Gasteiger partial charge in [0, 0.05) is 19.1 Å². The van der Waals surface area contributed by atoms with Crippen LogP contribution in [-0.2, 0) is 14.8 Å².